The molecule has 0 saturated carbocycles. The normalized spacial score (nSPS) is 10.6. The predicted octanol–water partition coefficient (Wildman–Crippen LogP) is 3.09. The molecule has 0 aliphatic carbocycles. The van der Waals surface area contributed by atoms with Crippen LogP contribution in [0.4, 0.5) is 0 Å². The number of carbonyl (C=O) groups excluding carboxylic acids is 4. The lowest BCUT2D eigenvalue weighted by Gasteiger charge is -2.12. The van der Waals surface area contributed by atoms with Crippen molar-refractivity contribution in [3.05, 3.63) is 29.3 Å². The fourth-order valence-corrected chi connectivity index (χ4v) is 2.56. The molecule has 0 aromatic heterocycles. The van der Waals surface area contributed by atoms with Gasteiger partial charge in [-0.05, 0) is 66.4 Å². The van der Waals surface area contributed by atoms with Crippen molar-refractivity contribution in [3.63, 3.8) is 0 Å². The number of rotatable bonds is 13. The molecule has 9 heteroatoms. The van der Waals surface area contributed by atoms with E-state index in [1.807, 2.05) is 14.1 Å². The molecule has 0 saturated heterocycles. The third-order valence-electron chi connectivity index (χ3n) is 4.10. The summed E-state index contributed by atoms with van der Waals surface area (Å²) in [7, 11) is 5.56. The van der Waals surface area contributed by atoms with Crippen LogP contribution >= 0.6 is 0 Å². The molecule has 1 rings (SSSR count). The van der Waals surface area contributed by atoms with Gasteiger partial charge in [-0.1, -0.05) is 0 Å². The maximum absolute atomic E-state index is 11.9. The van der Waals surface area contributed by atoms with Crippen molar-refractivity contribution in [2.75, 3.05) is 47.6 Å². The summed E-state index contributed by atoms with van der Waals surface area (Å²) in [6, 6.07) is 5.28. The van der Waals surface area contributed by atoms with E-state index in [1.165, 1.54) is 27.0 Å². The van der Waals surface area contributed by atoms with Crippen LogP contribution in [0.3, 0.4) is 0 Å². The minimum absolute atomic E-state index is 0.0141. The second kappa shape index (κ2) is 17.3. The molecule has 1 aromatic rings. The van der Waals surface area contributed by atoms with E-state index in [2.05, 4.69) is 9.64 Å². The first-order valence-corrected chi connectivity index (χ1v) is 11.1. The first-order valence-electron chi connectivity index (χ1n) is 11.1. The standard InChI is InChI=1S/C19H27NO5.C6H10O3/c1-6-24-19(22)17(14(2)21)12-15-8-9-16(13-18(15)23-5)25-11-7-10-20(3)4;1-3-9-6(8)4-5(2)7/h8-9,12-13H,6-7,10-11H2,1-5H3;3-4H2,1-2H3. The number of carbonyl (C=O) groups is 4. The van der Waals surface area contributed by atoms with Crippen LogP contribution in [0.1, 0.15) is 46.1 Å². The highest BCUT2D eigenvalue weighted by Crippen LogP contribution is 2.27. The molecular formula is C25H37NO8. The van der Waals surface area contributed by atoms with Gasteiger partial charge in [-0.15, -0.1) is 0 Å². The van der Waals surface area contributed by atoms with Crippen LogP contribution in [0.5, 0.6) is 11.5 Å². The smallest absolute Gasteiger partial charge is 0.341 e. The molecular weight excluding hydrogens is 442 g/mol. The number of benzene rings is 1. The van der Waals surface area contributed by atoms with Crippen LogP contribution in [0.25, 0.3) is 6.08 Å². The highest BCUT2D eigenvalue weighted by Gasteiger charge is 2.17. The van der Waals surface area contributed by atoms with E-state index in [4.69, 9.17) is 14.2 Å². The fourth-order valence-electron chi connectivity index (χ4n) is 2.56. The number of nitrogens with zero attached hydrogens (tertiary/aromatic N) is 1. The van der Waals surface area contributed by atoms with Gasteiger partial charge in [-0.25, -0.2) is 4.79 Å². The molecule has 0 heterocycles. The van der Waals surface area contributed by atoms with Gasteiger partial charge in [0.15, 0.2) is 5.78 Å². The third kappa shape index (κ3) is 13.4. The van der Waals surface area contributed by atoms with Gasteiger partial charge in [0.05, 0.1) is 26.9 Å². The number of ketones is 2. The highest BCUT2D eigenvalue weighted by atomic mass is 16.5. The summed E-state index contributed by atoms with van der Waals surface area (Å²) in [6.07, 6.45) is 2.29. The Balaban J connectivity index is 0.00000102. The van der Waals surface area contributed by atoms with Crippen LogP contribution in [0.2, 0.25) is 0 Å². The highest BCUT2D eigenvalue weighted by molar-refractivity contribution is 6.19. The summed E-state index contributed by atoms with van der Waals surface area (Å²) in [5, 5.41) is 0. The van der Waals surface area contributed by atoms with Crippen LogP contribution in [0.15, 0.2) is 23.8 Å². The Bertz CT molecular complexity index is 845. The molecule has 34 heavy (non-hydrogen) atoms. The minimum atomic E-state index is -0.638. The van der Waals surface area contributed by atoms with Gasteiger partial charge in [0.25, 0.3) is 0 Å². The average molecular weight is 480 g/mol. The van der Waals surface area contributed by atoms with Gasteiger partial charge >= 0.3 is 11.9 Å². The maximum atomic E-state index is 11.9. The van der Waals surface area contributed by atoms with E-state index < -0.39 is 11.9 Å². The molecule has 0 aliphatic rings. The van der Waals surface area contributed by atoms with E-state index >= 15 is 0 Å². The Labute approximate surface area is 202 Å². The van der Waals surface area contributed by atoms with Crippen molar-refractivity contribution in [1.82, 2.24) is 4.90 Å². The fraction of sp³-hybridized carbons (Fsp3) is 0.520. The SMILES string of the molecule is CCOC(=O)C(=Cc1ccc(OCCCN(C)C)cc1OC)C(C)=O.CCOC(=O)CC(C)=O. The number of methoxy groups -OCH3 is 1. The zero-order chi connectivity index (χ0) is 26.1. The number of Topliss-reactive ketones (excluding diaryl/α,β-unsaturated/α-hetero) is 2. The van der Waals surface area contributed by atoms with E-state index in [-0.39, 0.29) is 30.2 Å². The van der Waals surface area contributed by atoms with Crippen LogP contribution in [0, 0.1) is 0 Å². The summed E-state index contributed by atoms with van der Waals surface area (Å²) >= 11 is 0. The summed E-state index contributed by atoms with van der Waals surface area (Å²) in [6.45, 7) is 8.18. The minimum Gasteiger partial charge on any atom is -0.496 e. The Hall–Kier alpha value is -3.20. The zero-order valence-electron chi connectivity index (χ0n) is 21.3. The summed E-state index contributed by atoms with van der Waals surface area (Å²) in [4.78, 5) is 46.4. The second-order valence-electron chi connectivity index (χ2n) is 7.43. The molecule has 0 atom stereocenters. The molecule has 0 radical (unpaired) electrons. The first kappa shape index (κ1) is 30.8. The van der Waals surface area contributed by atoms with E-state index in [0.717, 1.165) is 13.0 Å². The Morgan fingerprint density at radius 1 is 1.00 bits per heavy atom. The summed E-state index contributed by atoms with van der Waals surface area (Å²) < 4.78 is 20.5. The third-order valence-corrected chi connectivity index (χ3v) is 4.10. The number of esters is 2. The molecule has 9 nitrogen and oxygen atoms in total. The van der Waals surface area contributed by atoms with Crippen molar-refractivity contribution in [2.45, 2.75) is 40.5 Å². The van der Waals surface area contributed by atoms with Crippen molar-refractivity contribution in [1.29, 1.82) is 0 Å². The monoisotopic (exact) mass is 479 g/mol. The number of hydrogen-bond acceptors (Lipinski definition) is 9. The van der Waals surface area contributed by atoms with E-state index in [0.29, 0.717) is 30.3 Å². The second-order valence-corrected chi connectivity index (χ2v) is 7.43. The Kier molecular flexibility index (Phi) is 15.7. The van der Waals surface area contributed by atoms with Crippen molar-refractivity contribution >= 4 is 29.6 Å². The van der Waals surface area contributed by atoms with Crippen LogP contribution < -0.4 is 9.47 Å². The number of hydrogen-bond donors (Lipinski definition) is 0. The van der Waals surface area contributed by atoms with E-state index in [1.54, 1.807) is 32.0 Å². The van der Waals surface area contributed by atoms with Crippen molar-refractivity contribution in [3.8, 4) is 11.5 Å². The van der Waals surface area contributed by atoms with E-state index in [9.17, 15) is 19.2 Å². The van der Waals surface area contributed by atoms with Gasteiger partial charge in [0.2, 0.25) is 0 Å². The van der Waals surface area contributed by atoms with Crippen molar-refractivity contribution in [2.24, 2.45) is 0 Å². The number of ether oxygens (including phenoxy) is 4. The van der Waals surface area contributed by atoms with Crippen LogP contribution in [-0.4, -0.2) is 76.0 Å². The quantitative estimate of drug-likeness (QED) is 0.139. The molecule has 0 bridgehead atoms. The Morgan fingerprint density at radius 2 is 1.65 bits per heavy atom. The topological polar surface area (TPSA) is 108 Å². The van der Waals surface area contributed by atoms with Gasteiger partial charge in [-0.3, -0.25) is 14.4 Å². The average Bonchev–Trinajstić information content (AvgIpc) is 2.75. The summed E-state index contributed by atoms with van der Waals surface area (Å²) in [5.74, 6) is -0.398. The van der Waals surface area contributed by atoms with Gasteiger partial charge in [-0.2, -0.15) is 0 Å². The van der Waals surface area contributed by atoms with Gasteiger partial charge in [0, 0.05) is 18.2 Å². The summed E-state index contributed by atoms with van der Waals surface area (Å²) in [5.41, 5.74) is 0.598. The zero-order valence-corrected chi connectivity index (χ0v) is 21.3. The van der Waals surface area contributed by atoms with Gasteiger partial charge < -0.3 is 23.8 Å². The molecule has 0 fully saturated rings. The maximum Gasteiger partial charge on any atom is 0.341 e. The largest absolute Gasteiger partial charge is 0.496 e. The lowest BCUT2D eigenvalue weighted by Crippen LogP contribution is -2.15. The molecule has 0 aliphatic heterocycles. The lowest BCUT2D eigenvalue weighted by molar-refractivity contribution is -0.145. The molecule has 0 unspecified atom stereocenters. The predicted molar refractivity (Wildman–Crippen MR) is 129 cm³/mol. The molecule has 0 spiro atoms. The van der Waals surface area contributed by atoms with Crippen LogP contribution in [-0.2, 0) is 28.7 Å². The van der Waals surface area contributed by atoms with Gasteiger partial charge in [0.1, 0.15) is 29.3 Å². The molecule has 1 aromatic carbocycles. The first-order chi connectivity index (χ1) is 16.0. The molecule has 190 valence electrons. The Morgan fingerprint density at radius 3 is 2.15 bits per heavy atom. The molecule has 0 amide bonds. The van der Waals surface area contributed by atoms with Crippen molar-refractivity contribution < 1.29 is 38.1 Å². The molecule has 0 N–H and O–H groups in total. The lowest BCUT2D eigenvalue weighted by atomic mass is 10.1.